The number of hydrogen-bond donors (Lipinski definition) is 1. The molecule has 4 nitrogen and oxygen atoms in total. The minimum absolute atomic E-state index is 0.00820. The number of nitrogens with zero attached hydrogens (tertiary/aromatic N) is 2. The van der Waals surface area contributed by atoms with Crippen molar-refractivity contribution < 1.29 is 23.1 Å². The van der Waals surface area contributed by atoms with Crippen molar-refractivity contribution in [3.63, 3.8) is 0 Å². The smallest absolute Gasteiger partial charge is 0.390 e. The Hall–Kier alpha value is -1.31. The Morgan fingerprint density at radius 2 is 2.25 bits per heavy atom. The van der Waals surface area contributed by atoms with E-state index in [-0.39, 0.29) is 16.6 Å². The first-order valence-electron chi connectivity index (χ1n) is 4.26. The predicted octanol–water partition coefficient (Wildman–Crippen LogP) is 2.23. The second kappa shape index (κ2) is 4.69. The first-order chi connectivity index (χ1) is 7.29. The summed E-state index contributed by atoms with van der Waals surface area (Å²) in [5.41, 5.74) is 0. The summed E-state index contributed by atoms with van der Waals surface area (Å²) >= 11 is 0.848. The molecule has 0 atom stereocenters. The molecule has 1 rings (SSSR count). The Labute approximate surface area is 93.3 Å². The minimum Gasteiger partial charge on any atom is -0.477 e. The number of carboxylic acid groups (broad SMARTS) is 1. The highest BCUT2D eigenvalue weighted by molar-refractivity contribution is 7.17. The summed E-state index contributed by atoms with van der Waals surface area (Å²) in [6.07, 6.45) is -4.04. The monoisotopic (exact) mass is 254 g/mol. The number of rotatable bonds is 4. The minimum atomic E-state index is -4.22. The van der Waals surface area contributed by atoms with Crippen LogP contribution in [0.4, 0.5) is 18.3 Å². The van der Waals surface area contributed by atoms with Crippen molar-refractivity contribution in [2.24, 2.45) is 0 Å². The van der Waals surface area contributed by atoms with Crippen LogP contribution in [0.1, 0.15) is 16.1 Å². The first-order valence-corrected chi connectivity index (χ1v) is 5.08. The van der Waals surface area contributed by atoms with Crippen molar-refractivity contribution in [1.29, 1.82) is 0 Å². The maximum Gasteiger partial charge on any atom is 0.390 e. The molecule has 16 heavy (non-hydrogen) atoms. The van der Waals surface area contributed by atoms with Gasteiger partial charge in [0.1, 0.15) is 4.88 Å². The van der Waals surface area contributed by atoms with Crippen molar-refractivity contribution >= 4 is 22.4 Å². The van der Waals surface area contributed by atoms with E-state index in [9.17, 15) is 18.0 Å². The van der Waals surface area contributed by atoms with Gasteiger partial charge in [-0.05, 0) is 0 Å². The zero-order valence-electron chi connectivity index (χ0n) is 8.28. The largest absolute Gasteiger partial charge is 0.477 e. The van der Waals surface area contributed by atoms with E-state index < -0.39 is 18.6 Å². The summed E-state index contributed by atoms with van der Waals surface area (Å²) in [4.78, 5) is 15.6. The lowest BCUT2D eigenvalue weighted by Crippen LogP contribution is -2.23. The van der Waals surface area contributed by atoms with Crippen molar-refractivity contribution in [2.45, 2.75) is 12.6 Å². The fourth-order valence-corrected chi connectivity index (χ4v) is 1.67. The topological polar surface area (TPSA) is 53.4 Å². The fraction of sp³-hybridized carbons (Fsp3) is 0.500. The molecule has 0 aromatic carbocycles. The predicted molar refractivity (Wildman–Crippen MR) is 53.0 cm³/mol. The van der Waals surface area contributed by atoms with E-state index in [1.165, 1.54) is 11.9 Å². The van der Waals surface area contributed by atoms with Crippen LogP contribution in [0.5, 0.6) is 0 Å². The molecule has 0 aliphatic carbocycles. The number of aromatic carboxylic acids is 1. The molecule has 0 aliphatic heterocycles. The van der Waals surface area contributed by atoms with Gasteiger partial charge in [-0.15, -0.1) is 0 Å². The summed E-state index contributed by atoms with van der Waals surface area (Å²) in [5, 5.41) is 8.88. The molecule has 0 saturated heterocycles. The summed E-state index contributed by atoms with van der Waals surface area (Å²) in [6.45, 7) is -0.240. The standard InChI is InChI=1S/C8H9F3N2O2S/c1-13(3-2-8(9,10)11)7-12-4-5(16-7)6(14)15/h4H,2-3H2,1H3,(H,14,15). The lowest BCUT2D eigenvalue weighted by atomic mass is 10.4. The average molecular weight is 254 g/mol. The maximum atomic E-state index is 11.9. The normalized spacial score (nSPS) is 11.5. The third kappa shape index (κ3) is 3.69. The van der Waals surface area contributed by atoms with Gasteiger partial charge in [-0.1, -0.05) is 11.3 Å². The second-order valence-corrected chi connectivity index (χ2v) is 4.11. The Balaban J connectivity index is 2.59. The fourth-order valence-electron chi connectivity index (χ4n) is 0.930. The highest BCUT2D eigenvalue weighted by atomic mass is 32.1. The Kier molecular flexibility index (Phi) is 3.74. The molecule has 0 radical (unpaired) electrons. The molecule has 0 bridgehead atoms. The first kappa shape index (κ1) is 12.8. The quantitative estimate of drug-likeness (QED) is 0.895. The van der Waals surface area contributed by atoms with Gasteiger partial charge >= 0.3 is 12.1 Å². The van der Waals surface area contributed by atoms with Crippen LogP contribution in [-0.4, -0.2) is 35.8 Å². The third-order valence-electron chi connectivity index (χ3n) is 1.76. The van der Waals surface area contributed by atoms with Crippen molar-refractivity contribution in [3.05, 3.63) is 11.1 Å². The van der Waals surface area contributed by atoms with Gasteiger partial charge in [0, 0.05) is 13.6 Å². The van der Waals surface area contributed by atoms with Crippen molar-refractivity contribution in [1.82, 2.24) is 4.98 Å². The third-order valence-corrected chi connectivity index (χ3v) is 2.86. The van der Waals surface area contributed by atoms with E-state index >= 15 is 0 Å². The van der Waals surface area contributed by atoms with Crippen LogP contribution in [-0.2, 0) is 0 Å². The van der Waals surface area contributed by atoms with E-state index in [1.807, 2.05) is 0 Å². The summed E-state index contributed by atoms with van der Waals surface area (Å²) < 4.78 is 35.8. The number of thiazole rings is 1. The van der Waals surface area contributed by atoms with Gasteiger partial charge in [-0.2, -0.15) is 13.2 Å². The lowest BCUT2D eigenvalue weighted by Gasteiger charge is -2.16. The maximum absolute atomic E-state index is 11.9. The molecule has 0 fully saturated rings. The molecule has 0 saturated carbocycles. The zero-order valence-corrected chi connectivity index (χ0v) is 9.10. The molecule has 8 heteroatoms. The molecule has 90 valence electrons. The van der Waals surface area contributed by atoms with E-state index in [4.69, 9.17) is 5.11 Å². The molecule has 0 aliphatic rings. The molecule has 1 N–H and O–H groups in total. The van der Waals surface area contributed by atoms with Crippen LogP contribution >= 0.6 is 11.3 Å². The van der Waals surface area contributed by atoms with Gasteiger partial charge in [0.15, 0.2) is 5.13 Å². The lowest BCUT2D eigenvalue weighted by molar-refractivity contribution is -0.132. The van der Waals surface area contributed by atoms with Crippen molar-refractivity contribution in [2.75, 3.05) is 18.5 Å². The molecule has 0 unspecified atom stereocenters. The van der Waals surface area contributed by atoms with Gasteiger partial charge in [-0.3, -0.25) is 0 Å². The number of anilines is 1. The molecule has 1 aromatic heterocycles. The van der Waals surface area contributed by atoms with Crippen LogP contribution < -0.4 is 4.90 Å². The SMILES string of the molecule is CN(CCC(F)(F)F)c1ncc(C(=O)O)s1. The number of aromatic nitrogens is 1. The zero-order chi connectivity index (χ0) is 12.3. The highest BCUT2D eigenvalue weighted by Crippen LogP contribution is 2.24. The van der Waals surface area contributed by atoms with Gasteiger partial charge in [0.05, 0.1) is 12.6 Å². The second-order valence-electron chi connectivity index (χ2n) is 3.10. The summed E-state index contributed by atoms with van der Waals surface area (Å²) in [7, 11) is 1.44. The van der Waals surface area contributed by atoms with E-state index in [2.05, 4.69) is 4.98 Å². The van der Waals surface area contributed by atoms with E-state index in [0.29, 0.717) is 0 Å². The molecule has 1 heterocycles. The summed E-state index contributed by atoms with van der Waals surface area (Å²) in [5.74, 6) is -1.13. The molecular weight excluding hydrogens is 245 g/mol. The van der Waals surface area contributed by atoms with Gasteiger partial charge < -0.3 is 10.0 Å². The Bertz CT molecular complexity index is 378. The Morgan fingerprint density at radius 1 is 1.62 bits per heavy atom. The number of hydrogen-bond acceptors (Lipinski definition) is 4. The van der Waals surface area contributed by atoms with Gasteiger partial charge in [0.2, 0.25) is 0 Å². The molecular formula is C8H9F3N2O2S. The molecule has 0 amide bonds. The van der Waals surface area contributed by atoms with E-state index in [1.54, 1.807) is 0 Å². The van der Waals surface area contributed by atoms with E-state index in [0.717, 1.165) is 17.5 Å². The molecule has 0 spiro atoms. The van der Waals surface area contributed by atoms with Crippen LogP contribution in [0, 0.1) is 0 Å². The van der Waals surface area contributed by atoms with Crippen LogP contribution in [0.2, 0.25) is 0 Å². The summed E-state index contributed by atoms with van der Waals surface area (Å²) in [6, 6.07) is 0. The molecule has 1 aromatic rings. The Morgan fingerprint density at radius 3 is 2.69 bits per heavy atom. The van der Waals surface area contributed by atoms with Crippen molar-refractivity contribution in [3.8, 4) is 0 Å². The van der Waals surface area contributed by atoms with Crippen LogP contribution in [0.25, 0.3) is 0 Å². The van der Waals surface area contributed by atoms with Gasteiger partial charge in [-0.25, -0.2) is 9.78 Å². The number of alkyl halides is 3. The highest BCUT2D eigenvalue weighted by Gasteiger charge is 2.27. The van der Waals surface area contributed by atoms with Gasteiger partial charge in [0.25, 0.3) is 0 Å². The van der Waals surface area contributed by atoms with Crippen LogP contribution in [0.3, 0.4) is 0 Å². The number of halogens is 3. The number of carbonyl (C=O) groups is 1. The average Bonchev–Trinajstić information content (AvgIpc) is 2.61. The van der Waals surface area contributed by atoms with Crippen LogP contribution in [0.15, 0.2) is 6.20 Å². The number of carboxylic acids is 1.